The minimum atomic E-state index is -0.794. The smallest absolute Gasteiger partial charge is 0.407 e. The van der Waals surface area contributed by atoms with Gasteiger partial charge in [-0.1, -0.05) is 32.4 Å². The Morgan fingerprint density at radius 2 is 1.74 bits per heavy atom. The number of thiazole rings is 1. The zero-order valence-electron chi connectivity index (χ0n) is 20.3. The van der Waals surface area contributed by atoms with E-state index in [0.29, 0.717) is 25.0 Å². The molecule has 35 heavy (non-hydrogen) atoms. The van der Waals surface area contributed by atoms with Crippen molar-refractivity contribution in [1.82, 2.24) is 20.9 Å². The van der Waals surface area contributed by atoms with E-state index in [1.165, 1.54) is 11.3 Å². The van der Waals surface area contributed by atoms with Gasteiger partial charge < -0.3 is 25.4 Å². The number of ether oxygens (including phenoxy) is 2. The molecule has 0 radical (unpaired) electrons. The zero-order chi connectivity index (χ0) is 25.8. The van der Waals surface area contributed by atoms with Crippen LogP contribution in [0.15, 0.2) is 29.9 Å². The largest absolute Gasteiger partial charge is 0.464 e. The van der Waals surface area contributed by atoms with E-state index in [1.807, 2.05) is 0 Å². The first-order valence-electron chi connectivity index (χ1n) is 11.7. The van der Waals surface area contributed by atoms with Gasteiger partial charge >= 0.3 is 12.1 Å². The van der Waals surface area contributed by atoms with Gasteiger partial charge in [-0.25, -0.2) is 14.6 Å². The van der Waals surface area contributed by atoms with Gasteiger partial charge in [0.1, 0.15) is 11.4 Å². The molecule has 192 valence electrons. The molecule has 0 aromatic carbocycles. The number of aromatic nitrogens is 1. The molecule has 0 aliphatic heterocycles. The fraction of sp³-hybridized carbons (Fsp3) is 0.542. The number of methoxy groups -OCH3 is 1. The summed E-state index contributed by atoms with van der Waals surface area (Å²) in [7, 11) is 1.16. The average molecular weight is 507 g/mol. The SMILES string of the molecule is C=C(NC(=O)c1csc(CC2CCCCC(CNC(=O)OCC)CC2)n1)C(=O)NC(=C)C(=O)OC. The number of carbonyl (C=O) groups is 4. The molecule has 3 N–H and O–H groups in total. The standard InChI is InChI=1S/C24H34N4O6S/c1-5-34-24(32)25-13-18-9-7-6-8-17(10-11-18)12-20-28-19(14-35-20)22(30)26-15(2)21(29)27-16(3)23(31)33-4/h14,17-18H,2-3,5-13H2,1,4H3,(H,25,32)(H,26,30)(H,27,29). The van der Waals surface area contributed by atoms with Crippen LogP contribution >= 0.6 is 11.3 Å². The van der Waals surface area contributed by atoms with Crippen LogP contribution in [0.4, 0.5) is 4.79 Å². The molecular weight excluding hydrogens is 472 g/mol. The summed E-state index contributed by atoms with van der Waals surface area (Å²) in [6, 6.07) is 0. The summed E-state index contributed by atoms with van der Waals surface area (Å²) in [5.41, 5.74) is -0.299. The number of carbonyl (C=O) groups excluding carboxylic acids is 4. The molecule has 3 amide bonds. The van der Waals surface area contributed by atoms with Gasteiger partial charge in [-0.2, -0.15) is 0 Å². The van der Waals surface area contributed by atoms with E-state index in [9.17, 15) is 19.2 Å². The Bertz CT molecular complexity index is 944. The van der Waals surface area contributed by atoms with Crippen LogP contribution in [0, 0.1) is 11.8 Å². The zero-order valence-corrected chi connectivity index (χ0v) is 21.1. The van der Waals surface area contributed by atoms with E-state index in [1.54, 1.807) is 12.3 Å². The Morgan fingerprint density at radius 1 is 1.06 bits per heavy atom. The van der Waals surface area contributed by atoms with E-state index in [4.69, 9.17) is 4.74 Å². The fourth-order valence-corrected chi connectivity index (χ4v) is 4.73. The van der Waals surface area contributed by atoms with Crippen molar-refractivity contribution < 1.29 is 28.7 Å². The molecule has 0 spiro atoms. The molecule has 2 unspecified atom stereocenters. The number of hydrogen-bond acceptors (Lipinski definition) is 8. The number of amides is 3. The average Bonchev–Trinajstić information content (AvgIpc) is 3.28. The number of alkyl carbamates (subject to hydrolysis) is 1. The summed E-state index contributed by atoms with van der Waals surface area (Å²) < 4.78 is 9.40. The number of rotatable bonds is 10. The Kier molecular flexibility index (Phi) is 11.4. The molecule has 1 aromatic heterocycles. The van der Waals surface area contributed by atoms with Gasteiger partial charge in [-0.05, 0) is 38.0 Å². The quantitative estimate of drug-likeness (QED) is 0.328. The molecule has 0 bridgehead atoms. The van der Waals surface area contributed by atoms with E-state index in [2.05, 4.69) is 38.8 Å². The maximum atomic E-state index is 12.5. The Labute approximate surface area is 209 Å². The van der Waals surface area contributed by atoms with Crippen molar-refractivity contribution in [2.45, 2.75) is 51.9 Å². The molecule has 2 rings (SSSR count). The first-order valence-corrected chi connectivity index (χ1v) is 12.5. The number of hydrogen-bond donors (Lipinski definition) is 3. The second-order valence-electron chi connectivity index (χ2n) is 8.38. The Hall–Kier alpha value is -3.21. The van der Waals surface area contributed by atoms with Crippen molar-refractivity contribution >= 4 is 35.2 Å². The van der Waals surface area contributed by atoms with Crippen LogP contribution in [0.3, 0.4) is 0 Å². The number of esters is 1. The van der Waals surface area contributed by atoms with Crippen molar-refractivity contribution in [1.29, 1.82) is 0 Å². The highest BCUT2D eigenvalue weighted by Crippen LogP contribution is 2.29. The lowest BCUT2D eigenvalue weighted by Crippen LogP contribution is -2.35. The van der Waals surface area contributed by atoms with E-state index < -0.39 is 17.8 Å². The minimum Gasteiger partial charge on any atom is -0.464 e. The lowest BCUT2D eigenvalue weighted by atomic mass is 9.84. The summed E-state index contributed by atoms with van der Waals surface area (Å²) in [6.07, 6.45) is 6.86. The van der Waals surface area contributed by atoms with Crippen molar-refractivity contribution in [3.05, 3.63) is 40.6 Å². The van der Waals surface area contributed by atoms with Crippen LogP contribution in [-0.4, -0.2) is 49.1 Å². The van der Waals surface area contributed by atoms with E-state index in [0.717, 1.165) is 57.1 Å². The topological polar surface area (TPSA) is 136 Å². The lowest BCUT2D eigenvalue weighted by molar-refractivity contribution is -0.137. The van der Waals surface area contributed by atoms with Crippen molar-refractivity contribution in [2.75, 3.05) is 20.3 Å². The van der Waals surface area contributed by atoms with Crippen LogP contribution in [0.1, 0.15) is 60.9 Å². The third-order valence-electron chi connectivity index (χ3n) is 5.75. The molecule has 1 heterocycles. The highest BCUT2D eigenvalue weighted by molar-refractivity contribution is 7.09. The van der Waals surface area contributed by atoms with E-state index in [-0.39, 0.29) is 23.2 Å². The van der Waals surface area contributed by atoms with Gasteiger partial charge in [0.05, 0.1) is 24.4 Å². The summed E-state index contributed by atoms with van der Waals surface area (Å²) in [5, 5.41) is 9.96. The molecule has 1 aromatic rings. The molecule has 11 heteroatoms. The molecule has 1 saturated carbocycles. The maximum Gasteiger partial charge on any atom is 0.407 e. The second kappa shape index (κ2) is 14.2. The monoisotopic (exact) mass is 506 g/mol. The third kappa shape index (κ3) is 9.51. The second-order valence-corrected chi connectivity index (χ2v) is 9.33. The summed E-state index contributed by atoms with van der Waals surface area (Å²) in [5.74, 6) is -1.25. The third-order valence-corrected chi connectivity index (χ3v) is 6.62. The van der Waals surface area contributed by atoms with Gasteiger partial charge in [-0.15, -0.1) is 11.3 Å². The fourth-order valence-electron chi connectivity index (χ4n) is 3.84. The van der Waals surface area contributed by atoms with Gasteiger partial charge in [0.2, 0.25) is 0 Å². The van der Waals surface area contributed by atoms with Crippen LogP contribution in [-0.2, 0) is 25.5 Å². The maximum absolute atomic E-state index is 12.5. The first kappa shape index (κ1) is 28.0. The van der Waals surface area contributed by atoms with Crippen molar-refractivity contribution in [2.24, 2.45) is 11.8 Å². The predicted octanol–water partition coefficient (Wildman–Crippen LogP) is 3.06. The summed E-state index contributed by atoms with van der Waals surface area (Å²) in [4.78, 5) is 51.9. The van der Waals surface area contributed by atoms with Gasteiger partial charge in [0.15, 0.2) is 0 Å². The molecule has 2 atom stereocenters. The molecule has 1 aliphatic carbocycles. The molecule has 1 fully saturated rings. The van der Waals surface area contributed by atoms with E-state index >= 15 is 0 Å². The van der Waals surface area contributed by atoms with Crippen LogP contribution < -0.4 is 16.0 Å². The highest BCUT2D eigenvalue weighted by Gasteiger charge is 2.21. The molecular formula is C24H34N4O6S. The first-order chi connectivity index (χ1) is 16.7. The van der Waals surface area contributed by atoms with Crippen LogP contribution in [0.2, 0.25) is 0 Å². The Balaban J connectivity index is 1.84. The summed E-state index contributed by atoms with van der Waals surface area (Å²) in [6.45, 7) is 9.68. The summed E-state index contributed by atoms with van der Waals surface area (Å²) >= 11 is 1.41. The van der Waals surface area contributed by atoms with Gasteiger partial charge in [0, 0.05) is 18.3 Å². The normalized spacial score (nSPS) is 17.8. The Morgan fingerprint density at radius 3 is 2.43 bits per heavy atom. The number of nitrogens with one attached hydrogen (secondary N) is 3. The minimum absolute atomic E-state index is 0.202. The molecule has 10 nitrogen and oxygen atoms in total. The van der Waals surface area contributed by atoms with Crippen LogP contribution in [0.5, 0.6) is 0 Å². The van der Waals surface area contributed by atoms with Crippen molar-refractivity contribution in [3.8, 4) is 0 Å². The lowest BCUT2D eigenvalue weighted by Gasteiger charge is -2.24. The molecule has 0 saturated heterocycles. The van der Waals surface area contributed by atoms with Gasteiger partial charge in [-0.3, -0.25) is 9.59 Å². The molecule has 1 aliphatic rings. The van der Waals surface area contributed by atoms with Gasteiger partial charge in [0.25, 0.3) is 11.8 Å². The number of nitrogens with zero attached hydrogens (tertiary/aromatic N) is 1. The highest BCUT2D eigenvalue weighted by atomic mass is 32.1. The van der Waals surface area contributed by atoms with Crippen LogP contribution in [0.25, 0.3) is 0 Å². The predicted molar refractivity (Wildman–Crippen MR) is 131 cm³/mol. The van der Waals surface area contributed by atoms with Crippen molar-refractivity contribution in [3.63, 3.8) is 0 Å².